The van der Waals surface area contributed by atoms with Crippen molar-refractivity contribution in [2.45, 2.75) is 18.9 Å². The maximum atomic E-state index is 6.11. The van der Waals surface area contributed by atoms with Crippen LogP contribution in [-0.4, -0.2) is 19.7 Å². The van der Waals surface area contributed by atoms with Gasteiger partial charge in [0, 0.05) is 13.1 Å². The predicted octanol–water partition coefficient (Wildman–Crippen LogP) is 3.09. The fraction of sp³-hybridized carbons (Fsp3) is 0.333. The van der Waals surface area contributed by atoms with Gasteiger partial charge in [-0.2, -0.15) is 0 Å². The molecule has 2 aliphatic rings. The minimum Gasteiger partial charge on any atom is -0.368 e. The van der Waals surface area contributed by atoms with Crippen LogP contribution < -0.4 is 5.32 Å². The average molecular weight is 265 g/mol. The molecule has 20 heavy (non-hydrogen) atoms. The number of nitrogens with one attached hydrogen (secondary N) is 1. The van der Waals surface area contributed by atoms with Gasteiger partial charge in [0.1, 0.15) is 5.60 Å². The highest BCUT2D eigenvalue weighted by atomic mass is 16.5. The van der Waals surface area contributed by atoms with E-state index in [9.17, 15) is 0 Å². The minimum atomic E-state index is -0.203. The van der Waals surface area contributed by atoms with Crippen LogP contribution in [0.1, 0.15) is 23.6 Å². The second-order valence-corrected chi connectivity index (χ2v) is 5.92. The summed E-state index contributed by atoms with van der Waals surface area (Å²) >= 11 is 0. The van der Waals surface area contributed by atoms with Crippen molar-refractivity contribution in [1.82, 2.24) is 5.32 Å². The quantitative estimate of drug-likeness (QED) is 0.730. The average Bonchev–Trinajstić information content (AvgIpc) is 2.86. The van der Waals surface area contributed by atoms with Gasteiger partial charge in [-0.15, -0.1) is 0 Å². The largest absolute Gasteiger partial charge is 0.368 e. The molecule has 2 heteroatoms. The van der Waals surface area contributed by atoms with Crippen molar-refractivity contribution in [1.29, 1.82) is 0 Å². The van der Waals surface area contributed by atoms with Crippen molar-refractivity contribution >= 4 is 0 Å². The second kappa shape index (κ2) is 4.44. The topological polar surface area (TPSA) is 21.3 Å². The van der Waals surface area contributed by atoms with Gasteiger partial charge in [0.15, 0.2) is 0 Å². The van der Waals surface area contributed by atoms with Gasteiger partial charge in [-0.25, -0.2) is 0 Å². The van der Waals surface area contributed by atoms with Crippen molar-refractivity contribution in [3.05, 3.63) is 59.2 Å². The second-order valence-electron chi connectivity index (χ2n) is 5.92. The van der Waals surface area contributed by atoms with Crippen molar-refractivity contribution in [3.8, 4) is 11.1 Å². The van der Waals surface area contributed by atoms with Gasteiger partial charge in [-0.3, -0.25) is 0 Å². The maximum absolute atomic E-state index is 6.11. The first-order valence-electron chi connectivity index (χ1n) is 7.33. The van der Waals surface area contributed by atoms with E-state index in [1.54, 1.807) is 0 Å². The molecule has 1 saturated heterocycles. The molecule has 1 fully saturated rings. The van der Waals surface area contributed by atoms with Crippen molar-refractivity contribution in [2.75, 3.05) is 19.7 Å². The van der Waals surface area contributed by atoms with Gasteiger partial charge < -0.3 is 10.1 Å². The van der Waals surface area contributed by atoms with E-state index < -0.39 is 0 Å². The molecular weight excluding hydrogens is 246 g/mol. The summed E-state index contributed by atoms with van der Waals surface area (Å²) in [6, 6.07) is 15.4. The third-order valence-corrected chi connectivity index (χ3v) is 4.58. The fourth-order valence-electron chi connectivity index (χ4n) is 3.55. The predicted molar refractivity (Wildman–Crippen MR) is 80.9 cm³/mol. The Morgan fingerprint density at radius 3 is 2.75 bits per heavy atom. The van der Waals surface area contributed by atoms with Gasteiger partial charge in [0.2, 0.25) is 0 Å². The van der Waals surface area contributed by atoms with Crippen molar-refractivity contribution in [2.24, 2.45) is 0 Å². The summed E-state index contributed by atoms with van der Waals surface area (Å²) in [7, 11) is 0. The molecule has 2 aromatic rings. The number of ether oxygens (including phenoxy) is 1. The van der Waals surface area contributed by atoms with Crippen LogP contribution in [0.15, 0.2) is 42.5 Å². The summed E-state index contributed by atoms with van der Waals surface area (Å²) in [5, 5.41) is 3.46. The lowest BCUT2D eigenvalue weighted by molar-refractivity contribution is -0.0576. The molecule has 1 heterocycles. The zero-order valence-corrected chi connectivity index (χ0v) is 11.8. The highest BCUT2D eigenvalue weighted by molar-refractivity contribution is 5.78. The van der Waals surface area contributed by atoms with E-state index in [-0.39, 0.29) is 5.60 Å². The number of hydrogen-bond donors (Lipinski definition) is 1. The van der Waals surface area contributed by atoms with Crippen LogP contribution in [0.4, 0.5) is 0 Å². The molecule has 0 aromatic heterocycles. The number of rotatable bonds is 1. The summed E-state index contributed by atoms with van der Waals surface area (Å²) in [5.74, 6) is 0. The Morgan fingerprint density at radius 1 is 1.05 bits per heavy atom. The molecule has 1 N–H and O–H groups in total. The van der Waals surface area contributed by atoms with E-state index in [1.165, 1.54) is 27.8 Å². The summed E-state index contributed by atoms with van der Waals surface area (Å²) in [6.07, 6.45) is 1.03. The Morgan fingerprint density at radius 2 is 1.90 bits per heavy atom. The number of morpholine rings is 1. The molecule has 1 unspecified atom stereocenters. The van der Waals surface area contributed by atoms with Crippen LogP contribution in [0.5, 0.6) is 0 Å². The number of benzene rings is 2. The third-order valence-electron chi connectivity index (χ3n) is 4.58. The van der Waals surface area contributed by atoms with Crippen LogP contribution in [0, 0.1) is 0 Å². The van der Waals surface area contributed by atoms with Gasteiger partial charge in [0.25, 0.3) is 0 Å². The Labute approximate surface area is 119 Å². The standard InChI is InChI=1S/C18H19NO/c1-18(12-19-9-10-20-18)17-8-4-7-15-14-6-3-2-5-13(14)11-16(15)17/h2-8,19H,9-12H2,1H3. The molecule has 0 radical (unpaired) electrons. The van der Waals surface area contributed by atoms with Gasteiger partial charge >= 0.3 is 0 Å². The Bertz CT molecular complexity index is 656. The number of hydrogen-bond acceptors (Lipinski definition) is 2. The molecule has 0 bridgehead atoms. The molecule has 102 valence electrons. The molecule has 2 nitrogen and oxygen atoms in total. The summed E-state index contributed by atoms with van der Waals surface area (Å²) < 4.78 is 6.11. The first kappa shape index (κ1) is 12.1. The summed E-state index contributed by atoms with van der Waals surface area (Å²) in [5.41, 5.74) is 6.79. The van der Waals surface area contributed by atoms with E-state index in [0.29, 0.717) is 0 Å². The molecule has 4 rings (SSSR count). The smallest absolute Gasteiger partial charge is 0.103 e. The lowest BCUT2D eigenvalue weighted by atomic mass is 9.88. The van der Waals surface area contributed by atoms with E-state index >= 15 is 0 Å². The molecule has 1 aliphatic carbocycles. The lowest BCUT2D eigenvalue weighted by Gasteiger charge is -2.36. The van der Waals surface area contributed by atoms with E-state index in [2.05, 4.69) is 54.7 Å². The first-order chi connectivity index (χ1) is 9.78. The monoisotopic (exact) mass is 265 g/mol. The van der Waals surface area contributed by atoms with Crippen molar-refractivity contribution in [3.63, 3.8) is 0 Å². The molecule has 0 saturated carbocycles. The van der Waals surface area contributed by atoms with Crippen LogP contribution in [0.25, 0.3) is 11.1 Å². The zero-order chi connectivity index (χ0) is 13.6. The summed E-state index contributed by atoms with van der Waals surface area (Å²) in [6.45, 7) is 4.83. The highest BCUT2D eigenvalue weighted by Crippen LogP contribution is 2.42. The SMILES string of the molecule is CC1(c2cccc3c2Cc2ccccc2-3)CNCCO1. The minimum absolute atomic E-state index is 0.203. The zero-order valence-electron chi connectivity index (χ0n) is 11.8. The molecule has 1 atom stereocenters. The maximum Gasteiger partial charge on any atom is 0.103 e. The highest BCUT2D eigenvalue weighted by Gasteiger charge is 2.34. The normalized spacial score (nSPS) is 24.2. The Balaban J connectivity index is 1.85. The van der Waals surface area contributed by atoms with Gasteiger partial charge in [-0.1, -0.05) is 42.5 Å². The molecule has 0 spiro atoms. The summed E-state index contributed by atoms with van der Waals surface area (Å²) in [4.78, 5) is 0. The third kappa shape index (κ3) is 1.72. The molecule has 0 amide bonds. The first-order valence-corrected chi connectivity index (χ1v) is 7.33. The van der Waals surface area contributed by atoms with Crippen LogP contribution >= 0.6 is 0 Å². The fourth-order valence-corrected chi connectivity index (χ4v) is 3.55. The molecular formula is C18H19NO. The van der Waals surface area contributed by atoms with Crippen LogP contribution in [0.3, 0.4) is 0 Å². The van der Waals surface area contributed by atoms with Gasteiger partial charge in [0.05, 0.1) is 6.61 Å². The Kier molecular flexibility index (Phi) is 2.69. The Hall–Kier alpha value is -1.64. The van der Waals surface area contributed by atoms with E-state index in [0.717, 1.165) is 26.1 Å². The van der Waals surface area contributed by atoms with E-state index in [4.69, 9.17) is 4.74 Å². The van der Waals surface area contributed by atoms with Crippen molar-refractivity contribution < 1.29 is 4.74 Å². The van der Waals surface area contributed by atoms with Gasteiger partial charge in [-0.05, 0) is 41.2 Å². The van der Waals surface area contributed by atoms with E-state index in [1.807, 2.05) is 0 Å². The molecule has 2 aromatic carbocycles. The van der Waals surface area contributed by atoms with Crippen LogP contribution in [-0.2, 0) is 16.8 Å². The number of fused-ring (bicyclic) bond motifs is 3. The molecule has 1 aliphatic heterocycles. The van der Waals surface area contributed by atoms with Crippen LogP contribution in [0.2, 0.25) is 0 Å². The lowest BCUT2D eigenvalue weighted by Crippen LogP contribution is -2.45.